The first-order chi connectivity index (χ1) is 10.3. The van der Waals surface area contributed by atoms with E-state index in [0.29, 0.717) is 5.75 Å². The molecule has 2 saturated heterocycles. The fraction of sp³-hybridized carbons (Fsp3) is 0.562. The quantitative estimate of drug-likeness (QED) is 0.867. The van der Waals surface area contributed by atoms with Crippen molar-refractivity contribution in [3.63, 3.8) is 0 Å². The summed E-state index contributed by atoms with van der Waals surface area (Å²) in [5, 5.41) is 13.2. The van der Waals surface area contributed by atoms with Gasteiger partial charge < -0.3 is 20.2 Å². The topological polar surface area (TPSA) is 55.8 Å². The van der Waals surface area contributed by atoms with Gasteiger partial charge in [-0.25, -0.2) is 0 Å². The molecular formula is C16H24ClN3O2. The van der Waals surface area contributed by atoms with Gasteiger partial charge in [-0.1, -0.05) is 18.6 Å². The van der Waals surface area contributed by atoms with Crippen molar-refractivity contribution in [2.24, 2.45) is 0 Å². The number of piperidine rings is 1. The van der Waals surface area contributed by atoms with Gasteiger partial charge in [-0.3, -0.25) is 4.79 Å². The molecule has 22 heavy (non-hydrogen) atoms. The van der Waals surface area contributed by atoms with Crippen molar-refractivity contribution in [1.82, 2.24) is 10.2 Å². The lowest BCUT2D eigenvalue weighted by Crippen LogP contribution is -2.55. The minimum atomic E-state index is 0. The molecule has 0 aromatic heterocycles. The number of carbonyl (C=O) groups excluding carboxylic acids is 1. The lowest BCUT2D eigenvalue weighted by Gasteiger charge is -2.38. The fourth-order valence-electron chi connectivity index (χ4n) is 3.18. The van der Waals surface area contributed by atoms with Gasteiger partial charge in [0, 0.05) is 26.2 Å². The minimum Gasteiger partial charge on any atom is -0.506 e. The summed E-state index contributed by atoms with van der Waals surface area (Å²) in [7, 11) is 0. The number of para-hydroxylation sites is 2. The second-order valence-corrected chi connectivity index (χ2v) is 5.80. The molecule has 2 aliphatic heterocycles. The summed E-state index contributed by atoms with van der Waals surface area (Å²) in [5.41, 5.74) is 0.861. The molecule has 2 N–H and O–H groups in total. The SMILES string of the molecule is Cl.O=C(C1CCCCN1)N1CCN(c2ccccc2O)CC1. The third kappa shape index (κ3) is 3.65. The monoisotopic (exact) mass is 325 g/mol. The molecule has 0 aliphatic carbocycles. The summed E-state index contributed by atoms with van der Waals surface area (Å²) in [4.78, 5) is 16.6. The zero-order chi connectivity index (χ0) is 14.7. The molecule has 1 atom stereocenters. The Kier molecular flexibility index (Phi) is 5.91. The Morgan fingerprint density at radius 3 is 2.50 bits per heavy atom. The summed E-state index contributed by atoms with van der Waals surface area (Å²) in [6.07, 6.45) is 3.27. The highest BCUT2D eigenvalue weighted by atomic mass is 35.5. The Morgan fingerprint density at radius 2 is 1.86 bits per heavy atom. The van der Waals surface area contributed by atoms with E-state index in [-0.39, 0.29) is 24.4 Å². The summed E-state index contributed by atoms with van der Waals surface area (Å²) >= 11 is 0. The second kappa shape index (κ2) is 7.70. The molecule has 6 heteroatoms. The lowest BCUT2D eigenvalue weighted by atomic mass is 10.0. The van der Waals surface area contributed by atoms with E-state index >= 15 is 0 Å². The van der Waals surface area contributed by atoms with Gasteiger partial charge in [-0.05, 0) is 31.5 Å². The zero-order valence-corrected chi connectivity index (χ0v) is 13.5. The number of nitrogens with one attached hydrogen (secondary N) is 1. The molecule has 1 aromatic carbocycles. The molecule has 122 valence electrons. The standard InChI is InChI=1S/C16H23N3O2.ClH/c20-15-7-2-1-6-14(15)18-9-11-19(12-10-18)16(21)13-5-3-4-8-17-13;/h1-2,6-7,13,17,20H,3-5,8-12H2;1H. The Bertz CT molecular complexity index is 498. The van der Waals surface area contributed by atoms with Crippen LogP contribution >= 0.6 is 12.4 Å². The first kappa shape index (κ1) is 16.9. The summed E-state index contributed by atoms with van der Waals surface area (Å²) < 4.78 is 0. The van der Waals surface area contributed by atoms with Gasteiger partial charge in [0.25, 0.3) is 0 Å². The van der Waals surface area contributed by atoms with Crippen LogP contribution in [0.25, 0.3) is 0 Å². The molecule has 5 nitrogen and oxygen atoms in total. The average molecular weight is 326 g/mol. The number of nitrogens with zero attached hydrogens (tertiary/aromatic N) is 2. The van der Waals surface area contributed by atoms with Crippen LogP contribution < -0.4 is 10.2 Å². The van der Waals surface area contributed by atoms with E-state index in [2.05, 4.69) is 10.2 Å². The largest absolute Gasteiger partial charge is 0.506 e. The molecule has 3 rings (SSSR count). The van der Waals surface area contributed by atoms with Gasteiger partial charge >= 0.3 is 0 Å². The van der Waals surface area contributed by atoms with Gasteiger partial charge in [0.2, 0.25) is 5.91 Å². The van der Waals surface area contributed by atoms with Crippen molar-refractivity contribution in [3.05, 3.63) is 24.3 Å². The van der Waals surface area contributed by atoms with Crippen LogP contribution in [0.3, 0.4) is 0 Å². The normalized spacial score (nSPS) is 22.1. The van der Waals surface area contributed by atoms with Crippen LogP contribution in [0.4, 0.5) is 5.69 Å². The fourth-order valence-corrected chi connectivity index (χ4v) is 3.18. The van der Waals surface area contributed by atoms with Crippen LogP contribution in [0.1, 0.15) is 19.3 Å². The van der Waals surface area contributed by atoms with E-state index in [4.69, 9.17) is 0 Å². The number of aromatic hydroxyl groups is 1. The van der Waals surface area contributed by atoms with Crippen molar-refractivity contribution in [1.29, 1.82) is 0 Å². The molecule has 1 aromatic rings. The molecule has 2 fully saturated rings. The van der Waals surface area contributed by atoms with Gasteiger partial charge in [-0.15, -0.1) is 12.4 Å². The number of halogens is 1. The predicted molar refractivity (Wildman–Crippen MR) is 89.8 cm³/mol. The number of hydrogen-bond donors (Lipinski definition) is 2. The van der Waals surface area contributed by atoms with E-state index in [1.165, 1.54) is 6.42 Å². The third-order valence-corrected chi connectivity index (χ3v) is 4.42. The molecule has 1 unspecified atom stereocenters. The molecular weight excluding hydrogens is 302 g/mol. The number of piperazine rings is 1. The molecule has 0 spiro atoms. The number of phenolic OH excluding ortho intramolecular Hbond substituents is 1. The number of phenols is 1. The van der Waals surface area contributed by atoms with Crippen molar-refractivity contribution in [2.45, 2.75) is 25.3 Å². The van der Waals surface area contributed by atoms with Gasteiger partial charge in [0.05, 0.1) is 11.7 Å². The van der Waals surface area contributed by atoms with Crippen molar-refractivity contribution < 1.29 is 9.90 Å². The van der Waals surface area contributed by atoms with E-state index in [1.54, 1.807) is 6.07 Å². The number of carbonyl (C=O) groups is 1. The van der Waals surface area contributed by atoms with Crippen LogP contribution in [0, 0.1) is 0 Å². The van der Waals surface area contributed by atoms with E-state index in [1.807, 2.05) is 23.1 Å². The maximum Gasteiger partial charge on any atom is 0.239 e. The first-order valence-corrected chi connectivity index (χ1v) is 7.81. The van der Waals surface area contributed by atoms with Crippen molar-refractivity contribution in [2.75, 3.05) is 37.6 Å². The van der Waals surface area contributed by atoms with Gasteiger partial charge in [-0.2, -0.15) is 0 Å². The molecule has 0 saturated carbocycles. The second-order valence-electron chi connectivity index (χ2n) is 5.80. The van der Waals surface area contributed by atoms with Crippen LogP contribution in [0.15, 0.2) is 24.3 Å². The lowest BCUT2D eigenvalue weighted by molar-refractivity contribution is -0.134. The number of benzene rings is 1. The number of rotatable bonds is 2. The summed E-state index contributed by atoms with van der Waals surface area (Å²) in [6.45, 7) is 3.96. The highest BCUT2D eigenvalue weighted by molar-refractivity contribution is 5.85. The highest BCUT2D eigenvalue weighted by Crippen LogP contribution is 2.27. The van der Waals surface area contributed by atoms with Gasteiger partial charge in [0.1, 0.15) is 5.75 Å². The summed E-state index contributed by atoms with van der Waals surface area (Å²) in [5.74, 6) is 0.554. The van der Waals surface area contributed by atoms with Crippen LogP contribution in [0.2, 0.25) is 0 Å². The summed E-state index contributed by atoms with van der Waals surface area (Å²) in [6, 6.07) is 7.40. The van der Waals surface area contributed by atoms with Crippen LogP contribution in [-0.4, -0.2) is 54.7 Å². The van der Waals surface area contributed by atoms with E-state index in [0.717, 1.165) is 51.3 Å². The Morgan fingerprint density at radius 1 is 1.14 bits per heavy atom. The zero-order valence-electron chi connectivity index (χ0n) is 12.7. The molecule has 0 bridgehead atoms. The molecule has 2 heterocycles. The van der Waals surface area contributed by atoms with E-state index < -0.39 is 0 Å². The van der Waals surface area contributed by atoms with Crippen molar-refractivity contribution >= 4 is 24.0 Å². The smallest absolute Gasteiger partial charge is 0.239 e. The average Bonchev–Trinajstić information content (AvgIpc) is 2.56. The van der Waals surface area contributed by atoms with Gasteiger partial charge in [0.15, 0.2) is 0 Å². The van der Waals surface area contributed by atoms with Crippen LogP contribution in [0.5, 0.6) is 5.75 Å². The van der Waals surface area contributed by atoms with E-state index in [9.17, 15) is 9.90 Å². The maximum atomic E-state index is 12.5. The van der Waals surface area contributed by atoms with Crippen molar-refractivity contribution in [3.8, 4) is 5.75 Å². The Labute approximate surface area is 137 Å². The molecule has 2 aliphatic rings. The Balaban J connectivity index is 0.00000176. The Hall–Kier alpha value is -1.46. The number of hydrogen-bond acceptors (Lipinski definition) is 4. The third-order valence-electron chi connectivity index (χ3n) is 4.42. The molecule has 0 radical (unpaired) electrons. The number of anilines is 1. The van der Waals surface area contributed by atoms with Crippen LogP contribution in [-0.2, 0) is 4.79 Å². The number of amides is 1. The first-order valence-electron chi connectivity index (χ1n) is 7.81. The maximum absolute atomic E-state index is 12.5. The predicted octanol–water partition coefficient (Wildman–Crippen LogP) is 1.60. The minimum absolute atomic E-state index is 0. The highest BCUT2D eigenvalue weighted by Gasteiger charge is 2.28. The molecule has 1 amide bonds.